The Morgan fingerprint density at radius 3 is 2.43 bits per heavy atom. The van der Waals surface area contributed by atoms with E-state index in [1.54, 1.807) is 0 Å². The Kier molecular flexibility index (Phi) is 7.41. The first kappa shape index (κ1) is 17.1. The van der Waals surface area contributed by atoms with Crippen molar-refractivity contribution in [2.75, 3.05) is 0 Å². The van der Waals surface area contributed by atoms with Crippen LogP contribution in [0.1, 0.15) is 24.5 Å². The first-order chi connectivity index (χ1) is 10.1. The van der Waals surface area contributed by atoms with E-state index >= 15 is 0 Å². The lowest BCUT2D eigenvalue weighted by molar-refractivity contribution is 1.36. The molecule has 110 valence electrons. The fraction of sp³-hybridized carbons (Fsp3) is 0.158. The molecule has 0 saturated heterocycles. The maximum absolute atomic E-state index is 4.61. The van der Waals surface area contributed by atoms with Crippen LogP contribution in [0.4, 0.5) is 0 Å². The largest absolute Gasteiger partial charge is 0.405 e. The van der Waals surface area contributed by atoms with E-state index in [-0.39, 0.29) is 0 Å². The molecule has 0 aromatic heterocycles. The summed E-state index contributed by atoms with van der Waals surface area (Å²) in [7, 11) is 0. The van der Waals surface area contributed by atoms with Gasteiger partial charge in [0.05, 0.1) is 0 Å². The third-order valence-corrected chi connectivity index (χ3v) is 4.00. The van der Waals surface area contributed by atoms with Gasteiger partial charge >= 0.3 is 0 Å². The van der Waals surface area contributed by atoms with Crippen molar-refractivity contribution >= 4 is 16.7 Å². The van der Waals surface area contributed by atoms with E-state index in [4.69, 9.17) is 0 Å². The highest BCUT2D eigenvalue weighted by atomic mass is 32.2. The van der Waals surface area contributed by atoms with Crippen molar-refractivity contribution in [2.45, 2.75) is 20.3 Å². The summed E-state index contributed by atoms with van der Waals surface area (Å²) >= 11 is 1.87. The molecule has 0 bridgehead atoms. The fourth-order valence-corrected chi connectivity index (χ4v) is 3.00. The van der Waals surface area contributed by atoms with E-state index in [1.165, 1.54) is 32.7 Å². The Morgan fingerprint density at radius 1 is 1.24 bits per heavy atom. The minimum atomic E-state index is 1.04. The highest BCUT2D eigenvalue weighted by Gasteiger charge is 2.12. The van der Waals surface area contributed by atoms with Crippen molar-refractivity contribution in [3.05, 3.63) is 89.5 Å². The molecule has 0 spiro atoms. The first-order valence-corrected chi connectivity index (χ1v) is 7.70. The number of hydrogen-bond donors (Lipinski definition) is 1. The van der Waals surface area contributed by atoms with Gasteiger partial charge < -0.3 is 5.73 Å². The minimum Gasteiger partial charge on any atom is -0.405 e. The van der Waals surface area contributed by atoms with Crippen LogP contribution in [0.5, 0.6) is 0 Å². The van der Waals surface area contributed by atoms with Gasteiger partial charge in [-0.25, -0.2) is 0 Å². The SMILES string of the molecule is C=C/C=C(C)\C=C1/CC=C(c2ccc(C)cc2)S1.C=CN. The van der Waals surface area contributed by atoms with Gasteiger partial charge in [-0.1, -0.05) is 78.5 Å². The van der Waals surface area contributed by atoms with E-state index in [2.05, 4.69) is 69.2 Å². The molecule has 21 heavy (non-hydrogen) atoms. The van der Waals surface area contributed by atoms with Crippen LogP contribution in [0.2, 0.25) is 0 Å². The lowest BCUT2D eigenvalue weighted by atomic mass is 10.1. The van der Waals surface area contributed by atoms with Gasteiger partial charge in [0.1, 0.15) is 0 Å². The van der Waals surface area contributed by atoms with E-state index in [9.17, 15) is 0 Å². The normalized spacial score (nSPS) is 16.0. The number of allylic oxidation sites excluding steroid dienone is 6. The summed E-state index contributed by atoms with van der Waals surface area (Å²) in [6, 6.07) is 8.73. The van der Waals surface area contributed by atoms with Crippen LogP contribution in [0.25, 0.3) is 4.91 Å². The van der Waals surface area contributed by atoms with Crippen LogP contribution < -0.4 is 5.73 Å². The molecule has 0 atom stereocenters. The topological polar surface area (TPSA) is 26.0 Å². The lowest BCUT2D eigenvalue weighted by Crippen LogP contribution is -1.77. The zero-order valence-electron chi connectivity index (χ0n) is 12.8. The summed E-state index contributed by atoms with van der Waals surface area (Å²) in [5.74, 6) is 0. The van der Waals surface area contributed by atoms with Gasteiger partial charge in [-0.3, -0.25) is 0 Å². The number of rotatable bonds is 3. The molecule has 1 aromatic carbocycles. The van der Waals surface area contributed by atoms with Crippen molar-refractivity contribution in [3.8, 4) is 0 Å². The number of aryl methyl sites for hydroxylation is 1. The van der Waals surface area contributed by atoms with Crippen LogP contribution >= 0.6 is 11.8 Å². The van der Waals surface area contributed by atoms with Crippen LogP contribution in [0.15, 0.2) is 78.4 Å². The van der Waals surface area contributed by atoms with Gasteiger partial charge in [-0.2, -0.15) is 0 Å². The number of thioether (sulfide) groups is 1. The quantitative estimate of drug-likeness (QED) is 0.737. The smallest absolute Gasteiger partial charge is 0.0155 e. The van der Waals surface area contributed by atoms with Crippen molar-refractivity contribution in [1.82, 2.24) is 0 Å². The zero-order chi connectivity index (χ0) is 15.7. The van der Waals surface area contributed by atoms with E-state index in [1.807, 2.05) is 23.9 Å². The van der Waals surface area contributed by atoms with Crippen molar-refractivity contribution in [2.24, 2.45) is 5.73 Å². The van der Waals surface area contributed by atoms with Crippen molar-refractivity contribution < 1.29 is 0 Å². The molecule has 1 aliphatic heterocycles. The van der Waals surface area contributed by atoms with Gasteiger partial charge in [-0.05, 0) is 43.0 Å². The summed E-state index contributed by atoms with van der Waals surface area (Å²) in [6.45, 7) is 11.1. The third kappa shape index (κ3) is 5.92. The Labute approximate surface area is 132 Å². The molecule has 0 radical (unpaired) electrons. The van der Waals surface area contributed by atoms with Crippen molar-refractivity contribution in [3.63, 3.8) is 0 Å². The summed E-state index contributed by atoms with van der Waals surface area (Å²) < 4.78 is 0. The minimum absolute atomic E-state index is 1.04. The Hall–Kier alpha value is -1.93. The standard InChI is InChI=1S/C17H18S.C2H5N/c1-4-5-14(3)12-16-10-11-17(18-16)15-8-6-13(2)7-9-15;1-2-3/h4-9,11-12H,1,10H2,2-3H3;2H,1,3H2/b14-5-,16-12+;. The van der Waals surface area contributed by atoms with Crippen LogP contribution in [0, 0.1) is 6.92 Å². The molecule has 0 amide bonds. The molecule has 1 nitrogen and oxygen atoms in total. The second kappa shape index (κ2) is 9.09. The molecule has 1 aromatic rings. The molecule has 2 heteroatoms. The highest BCUT2D eigenvalue weighted by Crippen LogP contribution is 2.42. The van der Waals surface area contributed by atoms with Gasteiger partial charge in [0.15, 0.2) is 0 Å². The molecule has 0 fully saturated rings. The summed E-state index contributed by atoms with van der Waals surface area (Å²) in [5, 5.41) is 0. The molecule has 1 aliphatic rings. The molecule has 2 rings (SSSR count). The third-order valence-electron chi connectivity index (χ3n) is 2.84. The molecular formula is C19H23NS. The average molecular weight is 297 g/mol. The number of nitrogens with two attached hydrogens (primary N) is 1. The average Bonchev–Trinajstić information content (AvgIpc) is 2.89. The maximum atomic E-state index is 4.61. The molecule has 1 heterocycles. The van der Waals surface area contributed by atoms with Gasteiger partial charge in [-0.15, -0.1) is 0 Å². The second-order valence-corrected chi connectivity index (χ2v) is 5.90. The van der Waals surface area contributed by atoms with E-state index in [0.29, 0.717) is 0 Å². The Bertz CT molecular complexity index is 574. The van der Waals surface area contributed by atoms with E-state index in [0.717, 1.165) is 6.42 Å². The molecule has 0 aliphatic carbocycles. The summed E-state index contributed by atoms with van der Waals surface area (Å²) in [6.07, 6.45) is 10.7. The summed E-state index contributed by atoms with van der Waals surface area (Å²) in [5.41, 5.74) is 8.49. The highest BCUT2D eigenvalue weighted by molar-refractivity contribution is 8.12. The van der Waals surface area contributed by atoms with Gasteiger partial charge in [0.2, 0.25) is 0 Å². The lowest BCUT2D eigenvalue weighted by Gasteiger charge is -2.03. The van der Waals surface area contributed by atoms with Gasteiger partial charge in [0, 0.05) is 4.91 Å². The zero-order valence-corrected chi connectivity index (χ0v) is 13.6. The maximum Gasteiger partial charge on any atom is 0.0155 e. The second-order valence-electron chi connectivity index (χ2n) is 4.73. The Morgan fingerprint density at radius 2 is 1.86 bits per heavy atom. The first-order valence-electron chi connectivity index (χ1n) is 6.88. The Balaban J connectivity index is 0.000000677. The van der Waals surface area contributed by atoms with Crippen LogP contribution in [-0.4, -0.2) is 0 Å². The summed E-state index contributed by atoms with van der Waals surface area (Å²) in [4.78, 5) is 2.77. The molecule has 0 saturated carbocycles. The monoisotopic (exact) mass is 297 g/mol. The van der Waals surface area contributed by atoms with Crippen LogP contribution in [-0.2, 0) is 0 Å². The van der Waals surface area contributed by atoms with Gasteiger partial charge in [0.25, 0.3) is 0 Å². The number of hydrogen-bond acceptors (Lipinski definition) is 2. The van der Waals surface area contributed by atoms with Crippen LogP contribution in [0.3, 0.4) is 0 Å². The predicted octanol–water partition coefficient (Wildman–Crippen LogP) is 5.58. The number of benzene rings is 1. The molecule has 0 unspecified atom stereocenters. The molecule has 2 N–H and O–H groups in total. The fourth-order valence-electron chi connectivity index (χ4n) is 1.89. The molecular weight excluding hydrogens is 274 g/mol. The van der Waals surface area contributed by atoms with E-state index < -0.39 is 0 Å². The predicted molar refractivity (Wildman–Crippen MR) is 97.8 cm³/mol. The van der Waals surface area contributed by atoms with Crippen molar-refractivity contribution in [1.29, 1.82) is 0 Å².